The van der Waals surface area contributed by atoms with Crippen LogP contribution < -0.4 is 9.64 Å². The van der Waals surface area contributed by atoms with E-state index >= 15 is 0 Å². The summed E-state index contributed by atoms with van der Waals surface area (Å²) >= 11 is 0. The van der Waals surface area contributed by atoms with Crippen LogP contribution >= 0.6 is 0 Å². The molecule has 5 nitrogen and oxygen atoms in total. The molecule has 0 spiro atoms. The summed E-state index contributed by atoms with van der Waals surface area (Å²) in [5.41, 5.74) is 5.39. The van der Waals surface area contributed by atoms with Crippen molar-refractivity contribution in [2.24, 2.45) is 0 Å². The number of nitrogens with one attached hydrogen (secondary N) is 1. The van der Waals surface area contributed by atoms with Gasteiger partial charge in [0.15, 0.2) is 6.61 Å². The molecule has 4 aromatic rings. The highest BCUT2D eigenvalue weighted by molar-refractivity contribution is 6.11. The van der Waals surface area contributed by atoms with Crippen LogP contribution in [0, 0.1) is 6.92 Å². The zero-order valence-electron chi connectivity index (χ0n) is 20.4. The average molecular weight is 465 g/mol. The largest absolute Gasteiger partial charge is 0.485 e. The normalized spacial score (nSPS) is 14.4. The molecule has 2 heterocycles. The minimum absolute atomic E-state index is 0.0562. The second-order valence-electron chi connectivity index (χ2n) is 9.55. The third-order valence-electron chi connectivity index (χ3n) is 6.55. The Labute approximate surface area is 205 Å². The van der Waals surface area contributed by atoms with Gasteiger partial charge in [0, 0.05) is 33.3 Å². The van der Waals surface area contributed by atoms with Crippen LogP contribution in [0.5, 0.6) is 5.75 Å². The van der Waals surface area contributed by atoms with E-state index in [0.717, 1.165) is 33.4 Å². The second kappa shape index (κ2) is 8.58. The molecule has 1 aromatic heterocycles. The molecule has 0 unspecified atom stereocenters. The quantitative estimate of drug-likeness (QED) is 0.339. The summed E-state index contributed by atoms with van der Waals surface area (Å²) in [5, 5.41) is 0.903. The number of aryl methyl sites for hydroxylation is 1. The number of benzene rings is 3. The molecule has 0 fully saturated rings. The Hall–Kier alpha value is -4.12. The zero-order chi connectivity index (χ0) is 24.7. The molecular formula is C30H28N2O3. The van der Waals surface area contributed by atoms with Gasteiger partial charge in [0.1, 0.15) is 5.75 Å². The van der Waals surface area contributed by atoms with Crippen molar-refractivity contribution in [3.63, 3.8) is 0 Å². The van der Waals surface area contributed by atoms with Crippen molar-refractivity contribution in [3.05, 3.63) is 101 Å². The fourth-order valence-corrected chi connectivity index (χ4v) is 5.04. The summed E-state index contributed by atoms with van der Waals surface area (Å²) in [6.07, 6.45) is 2.10. The van der Waals surface area contributed by atoms with Gasteiger partial charge in [-0.05, 0) is 69.7 Å². The number of allylic oxidation sites excluding steroid dienone is 1. The molecular weight excluding hydrogens is 436 g/mol. The lowest BCUT2D eigenvalue weighted by molar-refractivity contribution is 0.0922. The van der Waals surface area contributed by atoms with Crippen molar-refractivity contribution in [1.29, 1.82) is 0 Å². The summed E-state index contributed by atoms with van der Waals surface area (Å²) < 4.78 is 5.95. The minimum Gasteiger partial charge on any atom is -0.485 e. The lowest BCUT2D eigenvalue weighted by Crippen LogP contribution is -2.49. The number of Topliss-reactive ketones (excluding diaryl/α,β-unsaturated/α-hetero) is 1. The van der Waals surface area contributed by atoms with Gasteiger partial charge in [0.2, 0.25) is 5.78 Å². The number of H-pyrrole nitrogens is 1. The molecule has 5 rings (SSSR count). The molecule has 1 aliphatic rings. The Morgan fingerprint density at radius 3 is 2.43 bits per heavy atom. The molecule has 5 heteroatoms. The average Bonchev–Trinajstić information content (AvgIpc) is 3.18. The third kappa shape index (κ3) is 4.03. The highest BCUT2D eigenvalue weighted by Gasteiger charge is 2.36. The Bertz CT molecular complexity index is 1480. The number of ether oxygens (including phenoxy) is 1. The van der Waals surface area contributed by atoms with E-state index in [1.807, 2.05) is 105 Å². The van der Waals surface area contributed by atoms with Gasteiger partial charge in [-0.15, -0.1) is 0 Å². The van der Waals surface area contributed by atoms with E-state index in [2.05, 4.69) is 11.1 Å². The van der Waals surface area contributed by atoms with Crippen molar-refractivity contribution in [1.82, 2.24) is 4.98 Å². The van der Waals surface area contributed by atoms with Gasteiger partial charge in [0.05, 0.1) is 11.2 Å². The zero-order valence-corrected chi connectivity index (χ0v) is 20.4. The van der Waals surface area contributed by atoms with Gasteiger partial charge < -0.3 is 9.72 Å². The van der Waals surface area contributed by atoms with Gasteiger partial charge >= 0.3 is 0 Å². The van der Waals surface area contributed by atoms with Crippen LogP contribution in [0.4, 0.5) is 5.69 Å². The van der Waals surface area contributed by atoms with Crippen molar-refractivity contribution in [2.75, 3.05) is 11.5 Å². The number of fused-ring (bicyclic) bond motifs is 2. The number of rotatable bonds is 5. The lowest BCUT2D eigenvalue weighted by atomic mass is 9.88. The highest BCUT2D eigenvalue weighted by Crippen LogP contribution is 2.41. The van der Waals surface area contributed by atoms with Crippen LogP contribution in [0.3, 0.4) is 0 Å². The smallest absolute Gasteiger partial charge is 0.259 e. The van der Waals surface area contributed by atoms with E-state index in [1.165, 1.54) is 0 Å². The first kappa shape index (κ1) is 22.7. The molecule has 0 atom stereocenters. The van der Waals surface area contributed by atoms with Gasteiger partial charge in [-0.1, -0.05) is 42.5 Å². The molecule has 1 N–H and O–H groups in total. The Morgan fingerprint density at radius 1 is 0.943 bits per heavy atom. The van der Waals surface area contributed by atoms with E-state index in [1.54, 1.807) is 0 Å². The van der Waals surface area contributed by atoms with Crippen LogP contribution in [-0.4, -0.2) is 28.8 Å². The number of nitrogens with zero attached hydrogens (tertiary/aromatic N) is 1. The van der Waals surface area contributed by atoms with Gasteiger partial charge in [0.25, 0.3) is 5.91 Å². The number of ketones is 1. The molecule has 1 aliphatic heterocycles. The van der Waals surface area contributed by atoms with E-state index < -0.39 is 5.54 Å². The second-order valence-corrected chi connectivity index (χ2v) is 9.55. The number of carbonyl (C=O) groups excluding carboxylic acids is 2. The highest BCUT2D eigenvalue weighted by atomic mass is 16.5. The first-order valence-corrected chi connectivity index (χ1v) is 11.7. The molecule has 0 radical (unpaired) electrons. The number of aromatic nitrogens is 1. The Balaban J connectivity index is 1.43. The molecule has 3 aromatic carbocycles. The maximum atomic E-state index is 13.5. The Morgan fingerprint density at radius 2 is 1.66 bits per heavy atom. The van der Waals surface area contributed by atoms with Gasteiger partial charge in [-0.3, -0.25) is 14.5 Å². The van der Waals surface area contributed by atoms with Crippen LogP contribution in [0.1, 0.15) is 52.7 Å². The van der Waals surface area contributed by atoms with E-state index in [0.29, 0.717) is 16.9 Å². The molecule has 1 amide bonds. The number of anilines is 1. The van der Waals surface area contributed by atoms with Crippen molar-refractivity contribution in [2.45, 2.75) is 33.2 Å². The fraction of sp³-hybridized carbons (Fsp3) is 0.200. The first-order chi connectivity index (χ1) is 16.8. The lowest BCUT2D eigenvalue weighted by Gasteiger charge is -2.41. The van der Waals surface area contributed by atoms with E-state index in [9.17, 15) is 9.59 Å². The van der Waals surface area contributed by atoms with Crippen molar-refractivity contribution < 1.29 is 14.3 Å². The molecule has 0 saturated heterocycles. The standard InChI is InChI=1S/C30H28N2O3/c1-19-17-30(3,4)32(29(34)21-10-6-5-7-11-21)26-15-14-22(16-24(19)26)35-18-27(33)28-20(2)31-25-13-9-8-12-23(25)28/h5-17,31H,18H2,1-4H3. The van der Waals surface area contributed by atoms with Crippen LogP contribution in [0.15, 0.2) is 78.9 Å². The number of aromatic amines is 1. The maximum Gasteiger partial charge on any atom is 0.259 e. The van der Waals surface area contributed by atoms with Crippen molar-refractivity contribution >= 4 is 33.9 Å². The Kier molecular flexibility index (Phi) is 5.56. The summed E-state index contributed by atoms with van der Waals surface area (Å²) in [4.78, 5) is 31.6. The topological polar surface area (TPSA) is 62.4 Å². The summed E-state index contributed by atoms with van der Waals surface area (Å²) in [7, 11) is 0. The summed E-state index contributed by atoms with van der Waals surface area (Å²) in [6, 6.07) is 22.7. The molecule has 35 heavy (non-hydrogen) atoms. The fourth-order valence-electron chi connectivity index (χ4n) is 5.04. The van der Waals surface area contributed by atoms with Crippen molar-refractivity contribution in [3.8, 4) is 5.75 Å². The van der Waals surface area contributed by atoms with E-state index in [-0.39, 0.29) is 18.3 Å². The SMILES string of the molecule is CC1=CC(C)(C)N(C(=O)c2ccccc2)c2ccc(OCC(=O)c3c(C)[nH]c4ccccc34)cc21. The molecule has 0 bridgehead atoms. The van der Waals surface area contributed by atoms with Crippen LogP contribution in [0.25, 0.3) is 16.5 Å². The number of amides is 1. The third-order valence-corrected chi connectivity index (χ3v) is 6.55. The van der Waals surface area contributed by atoms with Crippen LogP contribution in [0.2, 0.25) is 0 Å². The summed E-state index contributed by atoms with van der Waals surface area (Å²) in [5.74, 6) is 0.459. The minimum atomic E-state index is -0.491. The predicted octanol–water partition coefficient (Wildman–Crippen LogP) is 6.58. The molecule has 0 saturated carbocycles. The number of hydrogen-bond acceptors (Lipinski definition) is 3. The monoisotopic (exact) mass is 464 g/mol. The maximum absolute atomic E-state index is 13.5. The van der Waals surface area contributed by atoms with Crippen LogP contribution in [-0.2, 0) is 0 Å². The number of para-hydroxylation sites is 1. The number of hydrogen-bond donors (Lipinski definition) is 1. The summed E-state index contributed by atoms with van der Waals surface area (Å²) in [6.45, 7) is 7.94. The number of carbonyl (C=O) groups is 2. The van der Waals surface area contributed by atoms with Gasteiger partial charge in [-0.25, -0.2) is 0 Å². The van der Waals surface area contributed by atoms with E-state index in [4.69, 9.17) is 4.74 Å². The predicted molar refractivity (Wildman–Crippen MR) is 140 cm³/mol. The first-order valence-electron chi connectivity index (χ1n) is 11.7. The molecule has 0 aliphatic carbocycles. The molecule has 176 valence electrons. The van der Waals surface area contributed by atoms with Gasteiger partial charge in [-0.2, -0.15) is 0 Å².